The maximum absolute atomic E-state index is 13.5. The average molecular weight is 529 g/mol. The summed E-state index contributed by atoms with van der Waals surface area (Å²) >= 11 is 0. The maximum Gasteiger partial charge on any atom is 0.416 e. The summed E-state index contributed by atoms with van der Waals surface area (Å²) in [5, 5.41) is 0. The third kappa shape index (κ3) is 6.78. The number of ether oxygens (including phenoxy) is 1. The molecule has 0 saturated carbocycles. The zero-order valence-corrected chi connectivity index (χ0v) is 21.6. The van der Waals surface area contributed by atoms with Crippen LogP contribution in [0.5, 0.6) is 5.75 Å². The van der Waals surface area contributed by atoms with Crippen molar-refractivity contribution in [1.29, 1.82) is 0 Å². The first kappa shape index (κ1) is 27.8. The second kappa shape index (κ2) is 12.1. The molecule has 38 heavy (non-hydrogen) atoms. The second-order valence-electron chi connectivity index (χ2n) is 9.89. The molecule has 0 radical (unpaired) electrons. The van der Waals surface area contributed by atoms with E-state index in [1.807, 2.05) is 13.8 Å². The number of esters is 1. The largest absolute Gasteiger partial charge is 0.424 e. The molecule has 3 aromatic rings. The van der Waals surface area contributed by atoms with E-state index in [0.29, 0.717) is 35.5 Å². The normalized spacial score (nSPS) is 17.3. The van der Waals surface area contributed by atoms with Crippen molar-refractivity contribution >= 4 is 5.97 Å². The first-order chi connectivity index (χ1) is 18.2. The Labute approximate surface area is 220 Å². The summed E-state index contributed by atoms with van der Waals surface area (Å²) in [4.78, 5) is 19.7. The Kier molecular flexibility index (Phi) is 8.82. The van der Waals surface area contributed by atoms with Gasteiger partial charge in [-0.1, -0.05) is 51.0 Å². The molecular formula is C30H32F4N2O2. The summed E-state index contributed by atoms with van der Waals surface area (Å²) < 4.78 is 58.4. The van der Waals surface area contributed by atoms with Crippen LogP contribution < -0.4 is 4.74 Å². The molecule has 0 aliphatic carbocycles. The van der Waals surface area contributed by atoms with Crippen LogP contribution in [0.2, 0.25) is 0 Å². The van der Waals surface area contributed by atoms with Crippen molar-refractivity contribution in [2.75, 3.05) is 6.54 Å². The Morgan fingerprint density at radius 1 is 1.08 bits per heavy atom. The second-order valence-corrected chi connectivity index (χ2v) is 9.89. The average Bonchev–Trinajstić information content (AvgIpc) is 2.90. The molecule has 1 aliphatic rings. The van der Waals surface area contributed by atoms with Crippen LogP contribution in [0.4, 0.5) is 17.6 Å². The minimum Gasteiger partial charge on any atom is -0.424 e. The summed E-state index contributed by atoms with van der Waals surface area (Å²) in [6.45, 7) is 5.03. The zero-order valence-electron chi connectivity index (χ0n) is 21.6. The van der Waals surface area contributed by atoms with Crippen molar-refractivity contribution in [2.45, 2.75) is 64.7 Å². The molecule has 2 heterocycles. The molecule has 2 unspecified atom stereocenters. The molecule has 1 fully saturated rings. The number of aromatic nitrogens is 1. The van der Waals surface area contributed by atoms with E-state index in [-0.39, 0.29) is 23.7 Å². The molecule has 202 valence electrons. The summed E-state index contributed by atoms with van der Waals surface area (Å²) in [6.07, 6.45) is 1.66. The van der Waals surface area contributed by atoms with Gasteiger partial charge in [-0.25, -0.2) is 4.39 Å². The number of hydrogen-bond donors (Lipinski definition) is 0. The highest BCUT2D eigenvalue weighted by Crippen LogP contribution is 2.35. The molecule has 8 heteroatoms. The van der Waals surface area contributed by atoms with Crippen molar-refractivity contribution in [3.63, 3.8) is 0 Å². The molecule has 0 amide bonds. The van der Waals surface area contributed by atoms with Gasteiger partial charge in [-0.2, -0.15) is 13.2 Å². The quantitative estimate of drug-likeness (QED) is 0.220. The predicted molar refractivity (Wildman–Crippen MR) is 138 cm³/mol. The van der Waals surface area contributed by atoms with E-state index in [1.165, 1.54) is 24.3 Å². The van der Waals surface area contributed by atoms with E-state index >= 15 is 0 Å². The standard InChI is InChI=1S/C30H32F4N2O2/c1-3-6-20(2)29(37)38-28-17-23(21-8-12-24(13-9-21)30(32,33)34)18-35-26(28)19-36-16-5-4-7-27(36)22-10-14-25(31)15-11-22/h8-15,17-18,20,27H,3-7,16,19H2,1-2H3. The van der Waals surface area contributed by atoms with Gasteiger partial charge in [0.1, 0.15) is 5.82 Å². The lowest BCUT2D eigenvalue weighted by Gasteiger charge is -2.36. The first-order valence-electron chi connectivity index (χ1n) is 13.0. The van der Waals surface area contributed by atoms with Crippen LogP contribution in [0.25, 0.3) is 11.1 Å². The van der Waals surface area contributed by atoms with E-state index in [9.17, 15) is 22.4 Å². The third-order valence-corrected chi connectivity index (χ3v) is 7.03. The number of nitrogens with zero attached hydrogens (tertiary/aromatic N) is 2. The zero-order chi connectivity index (χ0) is 27.3. The van der Waals surface area contributed by atoms with Crippen LogP contribution in [0, 0.1) is 11.7 Å². The number of benzene rings is 2. The fourth-order valence-electron chi connectivity index (χ4n) is 4.88. The number of halogens is 4. The van der Waals surface area contributed by atoms with Gasteiger partial charge in [0, 0.05) is 24.3 Å². The number of alkyl halides is 3. The number of likely N-dealkylation sites (tertiary alicyclic amines) is 1. The van der Waals surface area contributed by atoms with Crippen LogP contribution in [0.1, 0.15) is 68.8 Å². The van der Waals surface area contributed by atoms with Gasteiger partial charge < -0.3 is 4.74 Å². The molecule has 0 spiro atoms. The first-order valence-corrected chi connectivity index (χ1v) is 13.0. The van der Waals surface area contributed by atoms with Crippen LogP contribution in [-0.2, 0) is 17.5 Å². The summed E-state index contributed by atoms with van der Waals surface area (Å²) in [6, 6.07) is 13.1. The summed E-state index contributed by atoms with van der Waals surface area (Å²) in [7, 11) is 0. The Morgan fingerprint density at radius 2 is 1.79 bits per heavy atom. The highest BCUT2D eigenvalue weighted by Gasteiger charge is 2.30. The SMILES string of the molecule is CCCC(C)C(=O)Oc1cc(-c2ccc(C(F)(F)F)cc2)cnc1CN1CCCCC1c1ccc(F)cc1. The lowest BCUT2D eigenvalue weighted by atomic mass is 9.95. The molecule has 4 rings (SSSR count). The number of carbonyl (C=O) groups excluding carboxylic acids is 1. The summed E-state index contributed by atoms with van der Waals surface area (Å²) in [5.41, 5.74) is 1.96. The van der Waals surface area contributed by atoms with E-state index in [1.54, 1.807) is 24.4 Å². The smallest absolute Gasteiger partial charge is 0.416 e. The molecule has 2 atom stereocenters. The van der Waals surface area contributed by atoms with Crippen molar-refractivity contribution in [2.24, 2.45) is 5.92 Å². The molecule has 2 aromatic carbocycles. The Bertz CT molecular complexity index is 1230. The lowest BCUT2D eigenvalue weighted by molar-refractivity contribution is -0.139. The minimum atomic E-state index is -4.42. The van der Waals surface area contributed by atoms with Crippen LogP contribution in [0.3, 0.4) is 0 Å². The predicted octanol–water partition coefficient (Wildman–Crippen LogP) is 7.98. The minimum absolute atomic E-state index is 0.0725. The number of piperidine rings is 1. The van der Waals surface area contributed by atoms with Crippen molar-refractivity contribution < 1.29 is 27.1 Å². The van der Waals surface area contributed by atoms with Crippen molar-refractivity contribution in [3.05, 3.63) is 83.4 Å². The number of carbonyl (C=O) groups is 1. The molecule has 0 bridgehead atoms. The third-order valence-electron chi connectivity index (χ3n) is 7.03. The lowest BCUT2D eigenvalue weighted by Crippen LogP contribution is -2.33. The van der Waals surface area contributed by atoms with Crippen molar-refractivity contribution in [1.82, 2.24) is 9.88 Å². The Hall–Kier alpha value is -3.26. The molecule has 1 saturated heterocycles. The van der Waals surface area contributed by atoms with Gasteiger partial charge >= 0.3 is 12.1 Å². The van der Waals surface area contributed by atoms with Gasteiger partial charge in [0.05, 0.1) is 17.2 Å². The molecule has 0 N–H and O–H groups in total. The van der Waals surface area contributed by atoms with Gasteiger partial charge in [0.25, 0.3) is 0 Å². The number of hydrogen-bond acceptors (Lipinski definition) is 4. The van der Waals surface area contributed by atoms with Crippen molar-refractivity contribution in [3.8, 4) is 16.9 Å². The molecule has 1 aromatic heterocycles. The van der Waals surface area contributed by atoms with E-state index < -0.39 is 11.7 Å². The maximum atomic E-state index is 13.5. The van der Waals surface area contributed by atoms with Crippen LogP contribution >= 0.6 is 0 Å². The van der Waals surface area contributed by atoms with E-state index in [0.717, 1.165) is 49.9 Å². The Balaban J connectivity index is 1.65. The van der Waals surface area contributed by atoms with Gasteiger partial charge in [-0.05, 0) is 67.3 Å². The van der Waals surface area contributed by atoms with E-state index in [2.05, 4.69) is 9.88 Å². The summed E-state index contributed by atoms with van der Waals surface area (Å²) in [5.74, 6) is -0.650. The van der Waals surface area contributed by atoms with Crippen LogP contribution in [0.15, 0.2) is 60.8 Å². The molecular weight excluding hydrogens is 496 g/mol. The van der Waals surface area contributed by atoms with Gasteiger partial charge in [0.15, 0.2) is 5.75 Å². The van der Waals surface area contributed by atoms with Crippen LogP contribution in [-0.4, -0.2) is 22.4 Å². The van der Waals surface area contributed by atoms with Gasteiger partial charge in [0.2, 0.25) is 0 Å². The number of pyridine rings is 1. The fourth-order valence-corrected chi connectivity index (χ4v) is 4.88. The highest BCUT2D eigenvalue weighted by atomic mass is 19.4. The Morgan fingerprint density at radius 3 is 2.45 bits per heavy atom. The molecule has 1 aliphatic heterocycles. The fraction of sp³-hybridized carbons (Fsp3) is 0.400. The highest BCUT2D eigenvalue weighted by molar-refractivity contribution is 5.76. The monoisotopic (exact) mass is 528 g/mol. The molecule has 4 nitrogen and oxygen atoms in total. The number of rotatable bonds is 8. The van der Waals surface area contributed by atoms with Gasteiger partial charge in [-0.3, -0.25) is 14.7 Å². The van der Waals surface area contributed by atoms with E-state index in [4.69, 9.17) is 4.74 Å². The van der Waals surface area contributed by atoms with Gasteiger partial charge in [-0.15, -0.1) is 0 Å². The topological polar surface area (TPSA) is 42.4 Å².